The van der Waals surface area contributed by atoms with Gasteiger partial charge >= 0.3 is 6.03 Å². The molecule has 0 aromatic heterocycles. The minimum absolute atomic E-state index is 0.117. The molecule has 1 atom stereocenters. The second kappa shape index (κ2) is 11.4. The molecular formula is C31H39N3O. The van der Waals surface area contributed by atoms with Crippen LogP contribution in [0, 0.1) is 5.92 Å². The molecule has 4 rings (SSSR count). The van der Waals surface area contributed by atoms with Crippen LogP contribution in [-0.2, 0) is 0 Å². The van der Waals surface area contributed by atoms with Crippen molar-refractivity contribution >= 4 is 17.4 Å². The van der Waals surface area contributed by atoms with Gasteiger partial charge < -0.3 is 16.0 Å². The van der Waals surface area contributed by atoms with Crippen molar-refractivity contribution < 1.29 is 4.79 Å². The second-order valence-electron chi connectivity index (χ2n) is 10.3. The smallest absolute Gasteiger partial charge is 0.320 e. The van der Waals surface area contributed by atoms with Crippen LogP contribution in [0.5, 0.6) is 0 Å². The summed E-state index contributed by atoms with van der Waals surface area (Å²) in [5, 5.41) is 10.1. The number of hydrogen-bond donors (Lipinski definition) is 3. The molecule has 3 aromatic rings. The average Bonchev–Trinajstić information content (AvgIpc) is 3.39. The molecule has 0 aliphatic heterocycles. The number of benzene rings is 3. The zero-order valence-electron chi connectivity index (χ0n) is 21.5. The summed E-state index contributed by atoms with van der Waals surface area (Å²) in [7, 11) is 0. The molecule has 1 aliphatic carbocycles. The topological polar surface area (TPSA) is 53.2 Å². The lowest BCUT2D eigenvalue weighted by atomic mass is 9.93. The van der Waals surface area contributed by atoms with E-state index in [0.29, 0.717) is 17.8 Å². The number of anilines is 2. The molecule has 4 heteroatoms. The number of carbonyl (C=O) groups excluding carboxylic acids is 1. The monoisotopic (exact) mass is 469 g/mol. The Morgan fingerprint density at radius 3 is 1.89 bits per heavy atom. The maximum absolute atomic E-state index is 13.3. The van der Waals surface area contributed by atoms with Gasteiger partial charge in [-0.25, -0.2) is 4.79 Å². The first-order valence-corrected chi connectivity index (χ1v) is 13.0. The molecule has 4 nitrogen and oxygen atoms in total. The fourth-order valence-electron chi connectivity index (χ4n) is 5.12. The van der Waals surface area contributed by atoms with Crippen LogP contribution in [0.2, 0.25) is 0 Å². The number of rotatable bonds is 8. The number of carbonyl (C=O) groups is 1. The summed E-state index contributed by atoms with van der Waals surface area (Å²) in [6.45, 7) is 8.68. The third kappa shape index (κ3) is 6.25. The molecule has 184 valence electrons. The van der Waals surface area contributed by atoms with E-state index in [0.717, 1.165) is 24.2 Å². The third-order valence-corrected chi connectivity index (χ3v) is 7.08. The molecule has 35 heavy (non-hydrogen) atoms. The molecule has 1 fully saturated rings. The van der Waals surface area contributed by atoms with Gasteiger partial charge in [-0.3, -0.25) is 0 Å². The van der Waals surface area contributed by atoms with Crippen LogP contribution in [0.4, 0.5) is 16.2 Å². The summed E-state index contributed by atoms with van der Waals surface area (Å²) in [6, 6.07) is 25.1. The molecule has 0 heterocycles. The van der Waals surface area contributed by atoms with E-state index in [9.17, 15) is 4.79 Å². The minimum atomic E-state index is -0.148. The van der Waals surface area contributed by atoms with E-state index in [2.05, 4.69) is 110 Å². The Labute approximate surface area is 210 Å². The maximum Gasteiger partial charge on any atom is 0.320 e. The Morgan fingerprint density at radius 1 is 0.743 bits per heavy atom. The van der Waals surface area contributed by atoms with Crippen molar-refractivity contribution in [3.63, 3.8) is 0 Å². The summed E-state index contributed by atoms with van der Waals surface area (Å²) >= 11 is 0. The molecule has 0 bridgehead atoms. The van der Waals surface area contributed by atoms with E-state index < -0.39 is 0 Å². The van der Waals surface area contributed by atoms with E-state index in [1.165, 1.54) is 35.1 Å². The first kappa shape index (κ1) is 24.8. The van der Waals surface area contributed by atoms with Gasteiger partial charge in [0.1, 0.15) is 6.17 Å². The van der Waals surface area contributed by atoms with Crippen molar-refractivity contribution in [2.45, 2.75) is 71.4 Å². The Hall–Kier alpha value is -3.27. The van der Waals surface area contributed by atoms with Crippen molar-refractivity contribution in [2.24, 2.45) is 5.92 Å². The van der Waals surface area contributed by atoms with E-state index >= 15 is 0 Å². The first-order valence-electron chi connectivity index (χ1n) is 13.0. The highest BCUT2D eigenvalue weighted by Crippen LogP contribution is 2.33. The molecule has 1 aliphatic rings. The lowest BCUT2D eigenvalue weighted by Crippen LogP contribution is -2.47. The molecule has 1 saturated carbocycles. The van der Waals surface area contributed by atoms with E-state index in [1.807, 2.05) is 6.07 Å². The van der Waals surface area contributed by atoms with Gasteiger partial charge in [-0.05, 0) is 65.0 Å². The highest BCUT2D eigenvalue weighted by Gasteiger charge is 2.27. The van der Waals surface area contributed by atoms with Gasteiger partial charge in [0.05, 0.1) is 0 Å². The van der Waals surface area contributed by atoms with Gasteiger partial charge in [0.15, 0.2) is 0 Å². The quantitative estimate of drug-likeness (QED) is 0.290. The molecule has 1 unspecified atom stereocenters. The molecule has 0 radical (unpaired) electrons. The van der Waals surface area contributed by atoms with Crippen molar-refractivity contribution in [1.82, 2.24) is 5.32 Å². The van der Waals surface area contributed by atoms with Crippen LogP contribution in [0.3, 0.4) is 0 Å². The van der Waals surface area contributed by atoms with Gasteiger partial charge in [-0.1, -0.05) is 101 Å². The van der Waals surface area contributed by atoms with Gasteiger partial charge in [0, 0.05) is 11.4 Å². The van der Waals surface area contributed by atoms with Crippen LogP contribution in [0.25, 0.3) is 11.1 Å². The van der Waals surface area contributed by atoms with Crippen molar-refractivity contribution in [3.8, 4) is 11.1 Å². The van der Waals surface area contributed by atoms with Gasteiger partial charge in [-0.2, -0.15) is 0 Å². The van der Waals surface area contributed by atoms with Crippen molar-refractivity contribution in [2.75, 3.05) is 10.6 Å². The normalized spacial score (nSPS) is 14.8. The molecule has 3 N–H and O–H groups in total. The Morgan fingerprint density at radius 2 is 1.31 bits per heavy atom. The first-order chi connectivity index (χ1) is 16.9. The molecule has 0 saturated heterocycles. The zero-order chi connectivity index (χ0) is 24.8. The zero-order valence-corrected chi connectivity index (χ0v) is 21.5. The van der Waals surface area contributed by atoms with E-state index in [1.54, 1.807) is 0 Å². The summed E-state index contributed by atoms with van der Waals surface area (Å²) in [5.41, 5.74) is 6.71. The van der Waals surface area contributed by atoms with E-state index in [-0.39, 0.29) is 12.2 Å². The molecule has 3 aromatic carbocycles. The van der Waals surface area contributed by atoms with Gasteiger partial charge in [0.25, 0.3) is 0 Å². The molecular weight excluding hydrogens is 430 g/mol. The van der Waals surface area contributed by atoms with Crippen LogP contribution in [0.1, 0.15) is 76.3 Å². The SMILES string of the molecule is CC(C)c1cccc(C(C)C)c1NC(=O)NC(Nc1ccc(-c2ccccc2)cc1)C1CCCC1. The van der Waals surface area contributed by atoms with Gasteiger partial charge in [0.2, 0.25) is 0 Å². The predicted octanol–water partition coefficient (Wildman–Crippen LogP) is 8.35. The van der Waals surface area contributed by atoms with Crippen LogP contribution in [0.15, 0.2) is 72.8 Å². The number of para-hydroxylation sites is 1. The average molecular weight is 470 g/mol. The predicted molar refractivity (Wildman–Crippen MR) is 148 cm³/mol. The van der Waals surface area contributed by atoms with Crippen LogP contribution < -0.4 is 16.0 Å². The maximum atomic E-state index is 13.3. The summed E-state index contributed by atoms with van der Waals surface area (Å²) < 4.78 is 0. The number of amides is 2. The largest absolute Gasteiger partial charge is 0.365 e. The molecule has 2 amide bonds. The lowest BCUT2D eigenvalue weighted by molar-refractivity contribution is 0.245. The minimum Gasteiger partial charge on any atom is -0.365 e. The van der Waals surface area contributed by atoms with Crippen molar-refractivity contribution in [3.05, 3.63) is 83.9 Å². The summed E-state index contributed by atoms with van der Waals surface area (Å²) in [6.07, 6.45) is 4.56. The van der Waals surface area contributed by atoms with Crippen LogP contribution >= 0.6 is 0 Å². The Bertz CT molecular complexity index is 1070. The highest BCUT2D eigenvalue weighted by atomic mass is 16.2. The van der Waals surface area contributed by atoms with Crippen molar-refractivity contribution in [1.29, 1.82) is 0 Å². The fourth-order valence-corrected chi connectivity index (χ4v) is 5.12. The summed E-state index contributed by atoms with van der Waals surface area (Å²) in [5.74, 6) is 1.08. The number of hydrogen-bond acceptors (Lipinski definition) is 2. The lowest BCUT2D eigenvalue weighted by Gasteiger charge is -2.28. The molecule has 0 spiro atoms. The third-order valence-electron chi connectivity index (χ3n) is 7.08. The summed E-state index contributed by atoms with van der Waals surface area (Å²) in [4.78, 5) is 13.3. The highest BCUT2D eigenvalue weighted by molar-refractivity contribution is 5.91. The number of urea groups is 1. The second-order valence-corrected chi connectivity index (χ2v) is 10.3. The fraction of sp³-hybridized carbons (Fsp3) is 0.387. The van der Waals surface area contributed by atoms with E-state index in [4.69, 9.17) is 0 Å². The Balaban J connectivity index is 1.50. The van der Waals surface area contributed by atoms with Crippen LogP contribution in [-0.4, -0.2) is 12.2 Å². The Kier molecular flexibility index (Phi) is 8.12. The number of nitrogens with one attached hydrogen (secondary N) is 3. The van der Waals surface area contributed by atoms with Gasteiger partial charge in [-0.15, -0.1) is 0 Å². The standard InChI is InChI=1S/C31H39N3O/c1-21(2)27-15-10-16-28(22(3)4)29(27)33-31(35)34-30(25-13-8-9-14-25)32-26-19-17-24(18-20-26)23-11-6-5-7-12-23/h5-7,10-12,15-22,25,30,32H,8-9,13-14H2,1-4H3,(H2,33,34,35).